The van der Waals surface area contributed by atoms with Gasteiger partial charge in [0.15, 0.2) is 0 Å². The Hall–Kier alpha value is -3.94. The molecule has 154 valence electrons. The number of hydrogen-bond acceptors (Lipinski definition) is 1. The first kappa shape index (κ1) is 7.55. The molecule has 6 aromatic carbocycles. The summed E-state index contributed by atoms with van der Waals surface area (Å²) >= 11 is 0.744. The first-order valence-corrected chi connectivity index (χ1v) is 10.5. The van der Waals surface area contributed by atoms with Crippen molar-refractivity contribution >= 4 is 53.1 Å². The van der Waals surface area contributed by atoms with Crippen molar-refractivity contribution in [3.05, 3.63) is 121 Å². The summed E-state index contributed by atoms with van der Waals surface area (Å²) in [7, 11) is 0. The summed E-state index contributed by atoms with van der Waals surface area (Å²) in [6.45, 7) is 0. The van der Waals surface area contributed by atoms with Crippen LogP contribution in [0.25, 0.3) is 64.0 Å². The Morgan fingerprint density at radius 2 is 0.879 bits per heavy atom. The number of rotatable bonds is 2. The molecule has 0 nitrogen and oxygen atoms in total. The van der Waals surface area contributed by atoms with E-state index in [1.54, 1.807) is 0 Å². The van der Waals surface area contributed by atoms with E-state index in [0.29, 0.717) is 0 Å². The molecule has 1 heterocycles. The average molecular weight is 457 g/mol. The van der Waals surface area contributed by atoms with Crippen LogP contribution in [0.4, 0.5) is 0 Å². The molecule has 0 aliphatic rings. The Morgan fingerprint density at radius 3 is 1.52 bits per heavy atom. The van der Waals surface area contributed by atoms with Crippen LogP contribution in [0.5, 0.6) is 0 Å². The lowest BCUT2D eigenvalue weighted by atomic mass is 9.86. The van der Waals surface area contributed by atoms with Crippen molar-refractivity contribution in [2.24, 2.45) is 0 Å². The third kappa shape index (κ3) is 2.83. The molecule has 0 aliphatic heterocycles. The summed E-state index contributed by atoms with van der Waals surface area (Å²) in [6.07, 6.45) is 0. The standard InChI is InChI=1S/C32H20S/c1-2-10-21(11-3-1)31-24-13-4-6-15-26(24)32(27-16-7-5-14-25(27)31)22-18-19-30-28(20-22)23-12-8-9-17-29(23)33-30/h1-20H/i1D,2D,3D,4D,5D,6D,7D,8D,9D,10D,11D,12D,13D,14D,15D,16D,17D,18D,19D,20D. The molecule has 33 heavy (non-hydrogen) atoms. The number of thiophene rings is 1. The SMILES string of the molecule is [2H]c1c([2H])c([2H])c(-c2c3c([2H])c([2H])c([2H])c([2H])c3c(-c3c([2H])c([2H])c4sc5c([2H])c([2H])c([2H])c([2H])c5c4c3[2H])c3c([2H])c([2H])c([2H])c([2H])c23)c([2H])c1[2H]. The zero-order valence-corrected chi connectivity index (χ0v) is 17.2. The second-order valence-electron chi connectivity index (χ2n) is 7.01. The topological polar surface area (TPSA) is 0 Å². The maximum atomic E-state index is 9.50. The van der Waals surface area contributed by atoms with Gasteiger partial charge < -0.3 is 0 Å². The van der Waals surface area contributed by atoms with E-state index in [0.717, 1.165) is 11.3 Å². The highest BCUT2D eigenvalue weighted by molar-refractivity contribution is 7.25. The zero-order valence-electron chi connectivity index (χ0n) is 36.4. The summed E-state index contributed by atoms with van der Waals surface area (Å²) in [4.78, 5) is 0. The molecule has 7 aromatic rings. The van der Waals surface area contributed by atoms with Crippen molar-refractivity contribution < 1.29 is 27.4 Å². The Bertz CT molecular complexity index is 2780. The Morgan fingerprint density at radius 1 is 0.394 bits per heavy atom. The summed E-state index contributed by atoms with van der Waals surface area (Å²) in [5.41, 5.74) is -2.26. The van der Waals surface area contributed by atoms with Crippen molar-refractivity contribution in [1.82, 2.24) is 0 Å². The Kier molecular flexibility index (Phi) is 1.67. The van der Waals surface area contributed by atoms with Gasteiger partial charge in [-0.15, -0.1) is 11.3 Å². The van der Waals surface area contributed by atoms with Gasteiger partial charge >= 0.3 is 0 Å². The van der Waals surface area contributed by atoms with E-state index < -0.39 is 165 Å². The predicted molar refractivity (Wildman–Crippen MR) is 145 cm³/mol. The third-order valence-electron chi connectivity index (χ3n) is 5.26. The highest BCUT2D eigenvalue weighted by Crippen LogP contribution is 2.45. The molecule has 0 spiro atoms. The van der Waals surface area contributed by atoms with E-state index >= 15 is 0 Å². The van der Waals surface area contributed by atoms with Gasteiger partial charge in [-0.25, -0.2) is 0 Å². The highest BCUT2D eigenvalue weighted by Gasteiger charge is 2.17. The summed E-state index contributed by atoms with van der Waals surface area (Å²) in [6, 6.07) is -15.1. The van der Waals surface area contributed by atoms with E-state index in [4.69, 9.17) is 24.7 Å². The summed E-state index contributed by atoms with van der Waals surface area (Å²) in [5.74, 6) is 0. The van der Waals surface area contributed by atoms with Gasteiger partial charge in [-0.3, -0.25) is 0 Å². The molecule has 0 atom stereocenters. The molecular formula is C32H20S. The van der Waals surface area contributed by atoms with Gasteiger partial charge in [0, 0.05) is 20.2 Å². The van der Waals surface area contributed by atoms with E-state index in [9.17, 15) is 2.74 Å². The zero-order chi connectivity index (χ0) is 39.2. The maximum Gasteiger partial charge on any atom is 0.0638 e. The highest BCUT2D eigenvalue weighted by atomic mass is 32.1. The van der Waals surface area contributed by atoms with Crippen molar-refractivity contribution in [2.75, 3.05) is 0 Å². The molecule has 1 heteroatoms. The predicted octanol–water partition coefficient (Wildman–Crippen LogP) is 9.69. The molecule has 7 rings (SSSR count). The summed E-state index contributed by atoms with van der Waals surface area (Å²) in [5, 5.41) is -2.56. The fraction of sp³-hybridized carbons (Fsp3) is 0. The van der Waals surface area contributed by atoms with E-state index in [2.05, 4.69) is 0 Å². The van der Waals surface area contributed by atoms with Gasteiger partial charge in [-0.05, 0) is 61.9 Å². The lowest BCUT2D eigenvalue weighted by molar-refractivity contribution is 1.66. The van der Waals surface area contributed by atoms with E-state index in [1.807, 2.05) is 0 Å². The number of fused-ring (bicyclic) bond motifs is 5. The van der Waals surface area contributed by atoms with Crippen LogP contribution in [0.15, 0.2) is 121 Å². The normalized spacial score (nSPS) is 20.1. The van der Waals surface area contributed by atoms with Crippen LogP contribution in [0.3, 0.4) is 0 Å². The summed E-state index contributed by atoms with van der Waals surface area (Å²) < 4.78 is 174. The Labute approximate surface area is 224 Å². The van der Waals surface area contributed by atoms with Gasteiger partial charge in [0.2, 0.25) is 0 Å². The molecular weight excluding hydrogens is 416 g/mol. The second-order valence-corrected chi connectivity index (χ2v) is 8.03. The lowest BCUT2D eigenvalue weighted by Gasteiger charge is -2.17. The van der Waals surface area contributed by atoms with Crippen molar-refractivity contribution in [1.29, 1.82) is 0 Å². The van der Waals surface area contributed by atoms with Crippen LogP contribution in [-0.4, -0.2) is 0 Å². The molecule has 0 aliphatic carbocycles. The first-order valence-electron chi connectivity index (χ1n) is 19.7. The molecule has 1 aromatic heterocycles. The van der Waals surface area contributed by atoms with Gasteiger partial charge in [0.25, 0.3) is 0 Å². The van der Waals surface area contributed by atoms with Crippen LogP contribution in [0.1, 0.15) is 27.4 Å². The molecule has 0 saturated heterocycles. The van der Waals surface area contributed by atoms with Crippen molar-refractivity contribution in [2.45, 2.75) is 0 Å². The molecule has 0 amide bonds. The van der Waals surface area contributed by atoms with Crippen molar-refractivity contribution in [3.63, 3.8) is 0 Å². The van der Waals surface area contributed by atoms with Gasteiger partial charge in [-0.1, -0.05) is 103 Å². The molecule has 0 N–H and O–H groups in total. The fourth-order valence-corrected chi connectivity index (χ4v) is 4.85. The molecule has 0 unspecified atom stereocenters. The van der Waals surface area contributed by atoms with Gasteiger partial charge in [-0.2, -0.15) is 0 Å². The lowest BCUT2D eigenvalue weighted by Crippen LogP contribution is -1.90. The minimum Gasteiger partial charge on any atom is -0.135 e. The minimum absolute atomic E-state index is 0.0281. The quantitative estimate of drug-likeness (QED) is 0.227. The fourth-order valence-electron chi connectivity index (χ4n) is 3.93. The van der Waals surface area contributed by atoms with Crippen LogP contribution in [0, 0.1) is 0 Å². The Balaban J connectivity index is 1.91. The smallest absolute Gasteiger partial charge is 0.0638 e. The van der Waals surface area contributed by atoms with Gasteiger partial charge in [0.05, 0.1) is 27.4 Å². The van der Waals surface area contributed by atoms with Crippen molar-refractivity contribution in [3.8, 4) is 22.3 Å². The number of benzene rings is 6. The average Bonchev–Trinajstić information content (AvgIpc) is 3.54. The van der Waals surface area contributed by atoms with Crippen LogP contribution in [0.2, 0.25) is 0 Å². The largest absolute Gasteiger partial charge is 0.135 e. The maximum absolute atomic E-state index is 9.50. The second kappa shape index (κ2) is 7.30. The molecule has 0 saturated carbocycles. The van der Waals surface area contributed by atoms with E-state index in [1.165, 1.54) is 0 Å². The van der Waals surface area contributed by atoms with Crippen LogP contribution < -0.4 is 0 Å². The van der Waals surface area contributed by atoms with Crippen LogP contribution in [-0.2, 0) is 0 Å². The van der Waals surface area contributed by atoms with Gasteiger partial charge in [0.1, 0.15) is 0 Å². The number of hydrogen-bond donors (Lipinski definition) is 0. The monoisotopic (exact) mass is 456 g/mol. The van der Waals surface area contributed by atoms with E-state index in [-0.39, 0.29) is 20.2 Å². The third-order valence-corrected chi connectivity index (χ3v) is 6.28. The molecule has 0 bridgehead atoms. The molecule has 0 radical (unpaired) electrons. The van der Waals surface area contributed by atoms with Crippen LogP contribution >= 0.6 is 11.3 Å². The first-order chi connectivity index (χ1) is 24.7. The molecule has 0 fully saturated rings. The minimum atomic E-state index is -0.851.